The van der Waals surface area contributed by atoms with Crippen molar-refractivity contribution in [1.82, 2.24) is 0 Å². The maximum absolute atomic E-state index is 9.79. The van der Waals surface area contributed by atoms with Crippen molar-refractivity contribution in [3.05, 3.63) is 23.8 Å². The molecule has 3 aliphatic rings. The van der Waals surface area contributed by atoms with E-state index in [1.165, 1.54) is 37.7 Å². The molecule has 0 radical (unpaired) electrons. The van der Waals surface area contributed by atoms with Crippen LogP contribution < -0.4 is 0 Å². The molecule has 0 aromatic carbocycles. The molecule has 2 aliphatic carbocycles. The van der Waals surface area contributed by atoms with E-state index < -0.39 is 5.60 Å². The second-order valence-corrected chi connectivity index (χ2v) is 8.99. The van der Waals surface area contributed by atoms with Gasteiger partial charge in [0.2, 0.25) is 0 Å². The van der Waals surface area contributed by atoms with Gasteiger partial charge in [-0.1, -0.05) is 30.7 Å². The zero-order valence-corrected chi connectivity index (χ0v) is 14.9. The van der Waals surface area contributed by atoms with Gasteiger partial charge < -0.3 is 9.84 Å². The summed E-state index contributed by atoms with van der Waals surface area (Å²) in [6.45, 7) is 10.7. The average Bonchev–Trinajstić information content (AvgIpc) is 2.89. The van der Waals surface area contributed by atoms with Gasteiger partial charge in [0, 0.05) is 0 Å². The SMILES string of the molecule is C/C(=C/C=C/C(C)(C)O)[C@H]1CC[C@]2(C)C[C@@H]3O[C@]3(C)CC[C@@H]12. The quantitative estimate of drug-likeness (QED) is 0.609. The summed E-state index contributed by atoms with van der Waals surface area (Å²) in [5.74, 6) is 1.50. The van der Waals surface area contributed by atoms with Crippen LogP contribution in [0.2, 0.25) is 0 Å². The lowest BCUT2D eigenvalue weighted by molar-refractivity contribution is 0.133. The summed E-state index contributed by atoms with van der Waals surface area (Å²) in [6.07, 6.45) is 13.1. The average molecular weight is 304 g/mol. The molecule has 0 unspecified atom stereocenters. The number of hydrogen-bond acceptors (Lipinski definition) is 2. The van der Waals surface area contributed by atoms with Crippen LogP contribution in [0.3, 0.4) is 0 Å². The molecule has 1 heterocycles. The van der Waals surface area contributed by atoms with Crippen molar-refractivity contribution in [3.63, 3.8) is 0 Å². The molecule has 2 saturated carbocycles. The zero-order valence-electron chi connectivity index (χ0n) is 14.9. The summed E-state index contributed by atoms with van der Waals surface area (Å²) in [6, 6.07) is 0. The number of fused-ring (bicyclic) bond motifs is 2. The summed E-state index contributed by atoms with van der Waals surface area (Å²) in [5, 5.41) is 9.79. The van der Waals surface area contributed by atoms with Gasteiger partial charge in [0.25, 0.3) is 0 Å². The van der Waals surface area contributed by atoms with Gasteiger partial charge in [0.1, 0.15) is 0 Å². The van der Waals surface area contributed by atoms with Crippen LogP contribution in [0.1, 0.15) is 66.7 Å². The topological polar surface area (TPSA) is 32.8 Å². The Bertz CT molecular complexity index is 498. The lowest BCUT2D eigenvalue weighted by Crippen LogP contribution is -2.26. The van der Waals surface area contributed by atoms with Crippen molar-refractivity contribution in [3.8, 4) is 0 Å². The number of ether oxygens (including phenoxy) is 1. The summed E-state index contributed by atoms with van der Waals surface area (Å²) in [4.78, 5) is 0. The molecule has 1 N–H and O–H groups in total. The summed E-state index contributed by atoms with van der Waals surface area (Å²) < 4.78 is 5.96. The molecular weight excluding hydrogens is 272 g/mol. The van der Waals surface area contributed by atoms with E-state index in [1.807, 2.05) is 26.0 Å². The molecule has 1 saturated heterocycles. The number of rotatable bonds is 3. The maximum atomic E-state index is 9.79. The van der Waals surface area contributed by atoms with Gasteiger partial charge >= 0.3 is 0 Å². The van der Waals surface area contributed by atoms with Crippen LogP contribution in [0.25, 0.3) is 0 Å². The first kappa shape index (κ1) is 16.3. The lowest BCUT2D eigenvalue weighted by atomic mass is 9.72. The third-order valence-corrected chi connectivity index (χ3v) is 6.49. The largest absolute Gasteiger partial charge is 0.386 e. The first-order valence-corrected chi connectivity index (χ1v) is 8.89. The van der Waals surface area contributed by atoms with E-state index in [1.54, 1.807) is 0 Å². The van der Waals surface area contributed by atoms with Gasteiger partial charge in [-0.3, -0.25) is 0 Å². The van der Waals surface area contributed by atoms with E-state index in [0.29, 0.717) is 17.4 Å². The number of aliphatic hydroxyl groups is 1. The molecule has 5 atom stereocenters. The molecule has 2 nitrogen and oxygen atoms in total. The molecule has 22 heavy (non-hydrogen) atoms. The third kappa shape index (κ3) is 3.05. The fourth-order valence-corrected chi connectivity index (χ4v) is 4.90. The van der Waals surface area contributed by atoms with E-state index in [2.05, 4.69) is 26.8 Å². The minimum absolute atomic E-state index is 0.191. The Labute approximate surface area is 135 Å². The minimum atomic E-state index is -0.726. The molecule has 3 rings (SSSR count). The Morgan fingerprint density at radius 2 is 1.95 bits per heavy atom. The molecule has 1 aliphatic heterocycles. The molecule has 0 spiro atoms. The summed E-state index contributed by atoms with van der Waals surface area (Å²) in [7, 11) is 0. The van der Waals surface area contributed by atoms with Crippen molar-refractivity contribution < 1.29 is 9.84 Å². The monoisotopic (exact) mass is 304 g/mol. The number of epoxide rings is 1. The summed E-state index contributed by atoms with van der Waals surface area (Å²) in [5.41, 5.74) is 1.40. The normalized spacial score (nSPS) is 45.5. The Kier molecular flexibility index (Phi) is 3.85. The Morgan fingerprint density at radius 1 is 1.23 bits per heavy atom. The number of allylic oxidation sites excluding steroid dienone is 3. The van der Waals surface area contributed by atoms with Crippen molar-refractivity contribution in [2.24, 2.45) is 17.3 Å². The van der Waals surface area contributed by atoms with E-state index >= 15 is 0 Å². The second kappa shape index (κ2) is 5.21. The lowest BCUT2D eigenvalue weighted by Gasteiger charge is -2.33. The van der Waals surface area contributed by atoms with Gasteiger partial charge in [-0.2, -0.15) is 0 Å². The van der Waals surface area contributed by atoms with Gasteiger partial charge in [0.05, 0.1) is 17.3 Å². The highest BCUT2D eigenvalue weighted by Gasteiger charge is 2.60. The first-order chi connectivity index (χ1) is 10.1. The van der Waals surface area contributed by atoms with Crippen LogP contribution >= 0.6 is 0 Å². The predicted octanol–water partition coefficient (Wildman–Crippen LogP) is 4.63. The first-order valence-electron chi connectivity index (χ1n) is 8.89. The highest BCUT2D eigenvalue weighted by Crippen LogP contribution is 2.61. The number of hydrogen-bond donors (Lipinski definition) is 1. The van der Waals surface area contributed by atoms with Crippen LogP contribution in [-0.4, -0.2) is 22.4 Å². The third-order valence-electron chi connectivity index (χ3n) is 6.49. The molecule has 0 aromatic heterocycles. The second-order valence-electron chi connectivity index (χ2n) is 8.99. The van der Waals surface area contributed by atoms with Gasteiger partial charge in [-0.15, -0.1) is 0 Å². The van der Waals surface area contributed by atoms with E-state index in [0.717, 1.165) is 5.92 Å². The highest BCUT2D eigenvalue weighted by molar-refractivity contribution is 5.20. The van der Waals surface area contributed by atoms with Gasteiger partial charge in [0.15, 0.2) is 0 Å². The Morgan fingerprint density at radius 3 is 2.64 bits per heavy atom. The molecule has 0 amide bonds. The van der Waals surface area contributed by atoms with Crippen LogP contribution in [-0.2, 0) is 4.74 Å². The maximum Gasteiger partial charge on any atom is 0.0920 e. The van der Waals surface area contributed by atoms with Gasteiger partial charge in [-0.05, 0) is 77.0 Å². The standard InChI is InChI=1S/C20H32O2/c1-14(7-6-10-18(2,3)21)15-8-11-19(4)13-17-20(5,22-17)12-9-16(15)19/h6-7,10,15-17,21H,8-9,11-13H2,1-5H3/b10-6+,14-7-/t15-,16+,17+,19-,20-/m1/s1. The zero-order chi connectivity index (χ0) is 16.2. The van der Waals surface area contributed by atoms with Crippen LogP contribution in [0.15, 0.2) is 23.8 Å². The van der Waals surface area contributed by atoms with E-state index in [4.69, 9.17) is 4.74 Å². The summed E-state index contributed by atoms with van der Waals surface area (Å²) >= 11 is 0. The van der Waals surface area contributed by atoms with Gasteiger partial charge in [-0.25, -0.2) is 0 Å². The van der Waals surface area contributed by atoms with Crippen molar-refractivity contribution >= 4 is 0 Å². The van der Waals surface area contributed by atoms with E-state index in [9.17, 15) is 5.11 Å². The minimum Gasteiger partial charge on any atom is -0.386 e. The Balaban J connectivity index is 1.73. The molecule has 3 fully saturated rings. The Hall–Kier alpha value is -0.600. The molecular formula is C20H32O2. The fraction of sp³-hybridized carbons (Fsp3) is 0.800. The predicted molar refractivity (Wildman–Crippen MR) is 90.6 cm³/mol. The van der Waals surface area contributed by atoms with Crippen molar-refractivity contribution in [2.45, 2.75) is 84.0 Å². The fourth-order valence-electron chi connectivity index (χ4n) is 4.90. The van der Waals surface area contributed by atoms with Crippen molar-refractivity contribution in [2.75, 3.05) is 0 Å². The van der Waals surface area contributed by atoms with Crippen LogP contribution in [0.5, 0.6) is 0 Å². The molecule has 0 aromatic rings. The smallest absolute Gasteiger partial charge is 0.0920 e. The van der Waals surface area contributed by atoms with E-state index in [-0.39, 0.29) is 5.60 Å². The molecule has 124 valence electrons. The van der Waals surface area contributed by atoms with Crippen LogP contribution in [0.4, 0.5) is 0 Å². The van der Waals surface area contributed by atoms with Crippen LogP contribution in [0, 0.1) is 17.3 Å². The van der Waals surface area contributed by atoms with Crippen molar-refractivity contribution in [1.29, 1.82) is 0 Å². The highest BCUT2D eigenvalue weighted by atomic mass is 16.6. The molecule has 2 heteroatoms. The molecule has 0 bridgehead atoms.